The van der Waals surface area contributed by atoms with Gasteiger partial charge in [-0.2, -0.15) is 5.26 Å². The molecule has 6 rings (SSSR count). The molecule has 0 aliphatic carbocycles. The maximum Gasteiger partial charge on any atom is 0.335 e. The molecule has 0 spiro atoms. The van der Waals surface area contributed by atoms with E-state index in [2.05, 4.69) is 25.5 Å². The third kappa shape index (κ3) is 6.15. The van der Waals surface area contributed by atoms with Crippen LogP contribution in [-0.2, 0) is 30.9 Å². The number of carboxylic acids is 1. The molecular formula is C31H29FN6O4. The summed E-state index contributed by atoms with van der Waals surface area (Å²) in [4.78, 5) is 27.6. The summed E-state index contributed by atoms with van der Waals surface area (Å²) in [5.41, 5.74) is 4.22. The van der Waals surface area contributed by atoms with Gasteiger partial charge in [0, 0.05) is 38.0 Å². The third-order valence-corrected chi connectivity index (χ3v) is 7.60. The van der Waals surface area contributed by atoms with Crippen molar-refractivity contribution in [3.05, 3.63) is 94.6 Å². The van der Waals surface area contributed by atoms with Crippen LogP contribution in [0, 0.1) is 17.1 Å². The Morgan fingerprint density at radius 3 is 2.81 bits per heavy atom. The van der Waals surface area contributed by atoms with Gasteiger partial charge in [0.05, 0.1) is 47.4 Å². The summed E-state index contributed by atoms with van der Waals surface area (Å²) in [6, 6.07) is 12.9. The summed E-state index contributed by atoms with van der Waals surface area (Å²) in [5, 5.41) is 18.4. The van der Waals surface area contributed by atoms with Gasteiger partial charge in [-0.05, 0) is 55.3 Å². The fourth-order valence-corrected chi connectivity index (χ4v) is 5.19. The van der Waals surface area contributed by atoms with E-state index in [-0.39, 0.29) is 29.6 Å². The monoisotopic (exact) mass is 568 g/mol. The maximum atomic E-state index is 14.1. The summed E-state index contributed by atoms with van der Waals surface area (Å²) in [7, 11) is 0. The molecule has 4 heterocycles. The number of hydrogen-bond donors (Lipinski definition) is 1. The second kappa shape index (κ2) is 12.1. The number of benzene rings is 2. The number of aromatic carboxylic acids is 1. The van der Waals surface area contributed by atoms with Crippen LogP contribution in [0.15, 0.2) is 60.3 Å². The van der Waals surface area contributed by atoms with E-state index in [1.54, 1.807) is 24.4 Å². The first-order valence-electron chi connectivity index (χ1n) is 13.8. The molecule has 2 aliphatic rings. The largest absolute Gasteiger partial charge is 0.483 e. The quantitative estimate of drug-likeness (QED) is 0.279. The van der Waals surface area contributed by atoms with Crippen LogP contribution in [0.3, 0.4) is 0 Å². The predicted octanol–water partition coefficient (Wildman–Crippen LogP) is 4.28. The zero-order valence-electron chi connectivity index (χ0n) is 22.9. The average Bonchev–Trinajstić information content (AvgIpc) is 3.31. The van der Waals surface area contributed by atoms with Crippen molar-refractivity contribution in [2.75, 3.05) is 19.7 Å². The zero-order chi connectivity index (χ0) is 29.1. The van der Waals surface area contributed by atoms with Crippen molar-refractivity contribution in [2.24, 2.45) is 0 Å². The predicted molar refractivity (Wildman–Crippen MR) is 150 cm³/mol. The fraction of sp³-hybridized carbons (Fsp3) is 0.323. The van der Waals surface area contributed by atoms with Crippen LogP contribution in [-0.4, -0.2) is 61.3 Å². The number of aromatic nitrogens is 4. The Kier molecular flexibility index (Phi) is 7.90. The highest BCUT2D eigenvalue weighted by atomic mass is 19.1. The second-order valence-corrected chi connectivity index (χ2v) is 10.5. The Morgan fingerprint density at radius 1 is 1.21 bits per heavy atom. The number of hydrogen-bond acceptors (Lipinski definition) is 8. The normalized spacial score (nSPS) is 17.0. The highest BCUT2D eigenvalue weighted by molar-refractivity contribution is 5.92. The number of nitriles is 1. The first-order chi connectivity index (χ1) is 20.4. The number of nitrogens with zero attached hydrogens (tertiary/aromatic N) is 6. The Hall–Kier alpha value is -4.66. The van der Waals surface area contributed by atoms with Crippen LogP contribution >= 0.6 is 0 Å². The molecule has 0 radical (unpaired) electrons. The summed E-state index contributed by atoms with van der Waals surface area (Å²) in [6.07, 6.45) is 6.56. The summed E-state index contributed by atoms with van der Waals surface area (Å²) in [5.74, 6) is -0.148. The lowest BCUT2D eigenvalue weighted by atomic mass is 10.0. The molecular weight excluding hydrogens is 539 g/mol. The Balaban J connectivity index is 1.09. The number of carboxylic acid groups (broad SMARTS) is 1. The number of rotatable bonds is 10. The van der Waals surface area contributed by atoms with Gasteiger partial charge in [0.1, 0.15) is 12.4 Å². The number of halogens is 1. The molecule has 0 amide bonds. The smallest absolute Gasteiger partial charge is 0.335 e. The molecule has 2 aromatic carbocycles. The van der Waals surface area contributed by atoms with Crippen LogP contribution in [0.25, 0.3) is 11.0 Å². The van der Waals surface area contributed by atoms with E-state index in [1.807, 2.05) is 12.1 Å². The zero-order valence-corrected chi connectivity index (χ0v) is 22.9. The molecule has 11 heteroatoms. The highest BCUT2D eigenvalue weighted by Gasteiger charge is 2.24. The van der Waals surface area contributed by atoms with Gasteiger partial charge in [0.15, 0.2) is 17.4 Å². The molecule has 42 heavy (non-hydrogen) atoms. The maximum absolute atomic E-state index is 14.1. The van der Waals surface area contributed by atoms with E-state index in [9.17, 15) is 14.3 Å². The van der Waals surface area contributed by atoms with Gasteiger partial charge in [-0.1, -0.05) is 11.6 Å². The molecule has 10 nitrogen and oxygen atoms in total. The Bertz CT molecular complexity index is 1710. The molecule has 214 valence electrons. The van der Waals surface area contributed by atoms with Gasteiger partial charge < -0.3 is 19.1 Å². The van der Waals surface area contributed by atoms with E-state index in [4.69, 9.17) is 19.7 Å². The molecule has 2 aromatic heterocycles. The van der Waals surface area contributed by atoms with Gasteiger partial charge in [0.2, 0.25) is 0 Å². The van der Waals surface area contributed by atoms with E-state index in [1.165, 1.54) is 17.7 Å². The summed E-state index contributed by atoms with van der Waals surface area (Å²) < 4.78 is 27.5. The average molecular weight is 569 g/mol. The lowest BCUT2D eigenvalue weighted by Gasteiger charge is -2.29. The minimum atomic E-state index is -0.955. The van der Waals surface area contributed by atoms with Crippen molar-refractivity contribution in [3.63, 3.8) is 0 Å². The van der Waals surface area contributed by atoms with E-state index in [0.717, 1.165) is 61.2 Å². The van der Waals surface area contributed by atoms with Crippen molar-refractivity contribution >= 4 is 17.0 Å². The van der Waals surface area contributed by atoms with E-state index < -0.39 is 11.8 Å². The van der Waals surface area contributed by atoms with Gasteiger partial charge in [0.25, 0.3) is 0 Å². The number of fused-ring (bicyclic) bond motifs is 1. The first-order valence-corrected chi connectivity index (χ1v) is 13.8. The van der Waals surface area contributed by atoms with E-state index >= 15 is 0 Å². The third-order valence-electron chi connectivity index (χ3n) is 7.60. The highest BCUT2D eigenvalue weighted by Crippen LogP contribution is 2.25. The minimum Gasteiger partial charge on any atom is -0.483 e. The molecule has 1 N–H and O–H groups in total. The van der Waals surface area contributed by atoms with Crippen molar-refractivity contribution in [1.29, 1.82) is 5.26 Å². The number of imidazole rings is 1. The van der Waals surface area contributed by atoms with E-state index in [0.29, 0.717) is 25.3 Å². The van der Waals surface area contributed by atoms with Gasteiger partial charge in [-0.15, -0.1) is 0 Å². The first kappa shape index (κ1) is 27.5. The van der Waals surface area contributed by atoms with Crippen molar-refractivity contribution in [2.45, 2.75) is 45.1 Å². The molecule has 0 bridgehead atoms. The van der Waals surface area contributed by atoms with Crippen LogP contribution in [0.2, 0.25) is 0 Å². The molecule has 1 fully saturated rings. The van der Waals surface area contributed by atoms with Crippen molar-refractivity contribution in [1.82, 2.24) is 24.4 Å². The van der Waals surface area contributed by atoms with Crippen LogP contribution < -0.4 is 4.74 Å². The van der Waals surface area contributed by atoms with Crippen molar-refractivity contribution < 1.29 is 23.8 Å². The summed E-state index contributed by atoms with van der Waals surface area (Å²) >= 11 is 0. The molecule has 1 unspecified atom stereocenters. The minimum absolute atomic E-state index is 0.0182. The van der Waals surface area contributed by atoms with Crippen molar-refractivity contribution in [3.8, 4) is 11.8 Å². The molecule has 1 saturated heterocycles. The van der Waals surface area contributed by atoms with Crippen LogP contribution in [0.1, 0.15) is 46.1 Å². The number of ether oxygens (including phenoxy) is 2. The van der Waals surface area contributed by atoms with Gasteiger partial charge >= 0.3 is 5.97 Å². The SMILES string of the molecule is N#Cc1ccc(OCc2nccc(CC3=CCN(Cc4nc5ccc(C(=O)O)cc5n4CC4CCO4)CC3)n2)c(F)c1. The second-order valence-electron chi connectivity index (χ2n) is 10.5. The molecule has 2 aliphatic heterocycles. The summed E-state index contributed by atoms with van der Waals surface area (Å²) in [6.45, 7) is 3.69. The molecule has 0 saturated carbocycles. The number of carbonyl (C=O) groups is 1. The van der Waals surface area contributed by atoms with Gasteiger partial charge in [-0.3, -0.25) is 4.90 Å². The van der Waals surface area contributed by atoms with Crippen LogP contribution in [0.4, 0.5) is 4.39 Å². The Morgan fingerprint density at radius 2 is 2.10 bits per heavy atom. The van der Waals surface area contributed by atoms with Crippen LogP contribution in [0.5, 0.6) is 5.75 Å². The fourth-order valence-electron chi connectivity index (χ4n) is 5.19. The topological polar surface area (TPSA) is 126 Å². The lowest BCUT2D eigenvalue weighted by molar-refractivity contribution is -0.0591. The standard InChI is InChI=1S/C31H29FN6O4/c32-25-14-21(16-33)1-4-28(25)42-19-29-34-9-5-23(35-29)13-20-6-10-37(11-7-20)18-30-36-26-3-2-22(31(39)40)15-27(26)38(30)17-24-8-12-41-24/h1-6,9,14-15,24H,7-8,10-13,17-19H2,(H,39,40). The Labute approximate surface area is 241 Å². The van der Waals surface area contributed by atoms with Gasteiger partial charge in [-0.25, -0.2) is 24.1 Å². The lowest BCUT2D eigenvalue weighted by Crippen LogP contribution is -2.34. The molecule has 1 atom stereocenters. The molecule has 4 aromatic rings.